The van der Waals surface area contributed by atoms with Gasteiger partial charge >= 0.3 is 0 Å². The van der Waals surface area contributed by atoms with Gasteiger partial charge in [0.2, 0.25) is 11.7 Å². The maximum Gasteiger partial charge on any atom is 0.259 e. The van der Waals surface area contributed by atoms with E-state index in [-0.39, 0.29) is 13.2 Å². The summed E-state index contributed by atoms with van der Waals surface area (Å²) in [5.41, 5.74) is 4.36. The minimum absolute atomic E-state index is 0.000399. The maximum absolute atomic E-state index is 11.2. The molecule has 0 saturated heterocycles. The van der Waals surface area contributed by atoms with E-state index in [4.69, 9.17) is 14.4 Å². The van der Waals surface area contributed by atoms with Gasteiger partial charge < -0.3 is 29.7 Å². The Kier molecular flexibility index (Phi) is 9.00. The molecule has 10 heteroatoms. The molecule has 10 nitrogen and oxygen atoms in total. The topological polar surface area (TPSA) is 134 Å². The predicted octanol–water partition coefficient (Wildman–Crippen LogP) is 2.67. The number of ether oxygens (including phenoxy) is 1. The Hall–Kier alpha value is -3.50. The molecule has 0 saturated carbocycles. The molecule has 3 rings (SSSR count). The van der Waals surface area contributed by atoms with Crippen LogP contribution in [0.5, 0.6) is 5.75 Å². The number of aliphatic hydroxyl groups is 2. The molecule has 0 radical (unpaired) electrons. The molecular formula is C26H35N5O5. The maximum atomic E-state index is 11.2. The number of benzene rings is 1. The smallest absolute Gasteiger partial charge is 0.259 e. The number of aliphatic hydroxyl groups excluding tert-OH is 2. The summed E-state index contributed by atoms with van der Waals surface area (Å²) in [6.45, 7) is 9.53. The summed E-state index contributed by atoms with van der Waals surface area (Å²) in [4.78, 5) is 22.5. The molecule has 2 heterocycles. The van der Waals surface area contributed by atoms with Gasteiger partial charge in [0.1, 0.15) is 30.9 Å². The molecule has 0 unspecified atom stereocenters. The van der Waals surface area contributed by atoms with E-state index in [1.807, 2.05) is 46.0 Å². The molecule has 1 amide bonds. The van der Waals surface area contributed by atoms with Gasteiger partial charge in [-0.15, -0.1) is 0 Å². The first kappa shape index (κ1) is 27.1. The van der Waals surface area contributed by atoms with Crippen molar-refractivity contribution in [1.29, 1.82) is 0 Å². The van der Waals surface area contributed by atoms with E-state index < -0.39 is 18.6 Å². The summed E-state index contributed by atoms with van der Waals surface area (Å²) in [5, 5.41) is 25.5. The second kappa shape index (κ2) is 12.0. The summed E-state index contributed by atoms with van der Waals surface area (Å²) in [6.07, 6.45) is 1.53. The molecule has 0 spiro atoms. The van der Waals surface area contributed by atoms with Crippen LogP contribution in [0.15, 0.2) is 28.9 Å². The molecule has 3 N–H and O–H groups in total. The third kappa shape index (κ3) is 6.38. The van der Waals surface area contributed by atoms with Crippen LogP contribution >= 0.6 is 0 Å². The van der Waals surface area contributed by atoms with Gasteiger partial charge in [-0.2, -0.15) is 4.98 Å². The normalized spacial score (nSPS) is 12.0. The lowest BCUT2D eigenvalue weighted by Crippen LogP contribution is -2.36. The summed E-state index contributed by atoms with van der Waals surface area (Å²) >= 11 is 0. The van der Waals surface area contributed by atoms with E-state index in [9.17, 15) is 9.90 Å². The number of aromatic nitrogens is 3. The first-order chi connectivity index (χ1) is 17.1. The van der Waals surface area contributed by atoms with Crippen molar-refractivity contribution in [3.8, 4) is 28.6 Å². The number of carbonyl (C=O) groups is 1. The number of rotatable bonds is 11. The van der Waals surface area contributed by atoms with Crippen LogP contribution in [0.4, 0.5) is 5.82 Å². The fourth-order valence-corrected chi connectivity index (χ4v) is 3.73. The second-order valence-electron chi connectivity index (χ2n) is 9.05. The van der Waals surface area contributed by atoms with Gasteiger partial charge in [-0.05, 0) is 69.0 Å². The fourth-order valence-electron chi connectivity index (χ4n) is 3.73. The van der Waals surface area contributed by atoms with Gasteiger partial charge in [-0.1, -0.05) is 12.1 Å². The van der Waals surface area contributed by atoms with Crippen LogP contribution in [0.1, 0.15) is 37.5 Å². The third-order valence-electron chi connectivity index (χ3n) is 5.92. The number of pyridine rings is 1. The molecule has 1 atom stereocenters. The number of anilines is 1. The summed E-state index contributed by atoms with van der Waals surface area (Å²) in [6, 6.07) is 6.18. The van der Waals surface area contributed by atoms with E-state index in [1.54, 1.807) is 6.20 Å². The van der Waals surface area contributed by atoms with E-state index in [0.29, 0.717) is 29.9 Å². The molecule has 0 bridgehead atoms. The number of hydrogen-bond acceptors (Lipinski definition) is 9. The van der Waals surface area contributed by atoms with Crippen LogP contribution in [-0.4, -0.2) is 70.2 Å². The van der Waals surface area contributed by atoms with Crippen molar-refractivity contribution >= 4 is 11.7 Å². The van der Waals surface area contributed by atoms with Crippen LogP contribution in [0.25, 0.3) is 22.8 Å². The Labute approximate surface area is 211 Å². The van der Waals surface area contributed by atoms with Gasteiger partial charge in [-0.25, -0.2) is 4.98 Å². The summed E-state index contributed by atoms with van der Waals surface area (Å²) in [7, 11) is 2.02. The quantitative estimate of drug-likeness (QED) is 0.365. The third-order valence-corrected chi connectivity index (χ3v) is 5.92. The molecule has 1 aromatic carbocycles. The monoisotopic (exact) mass is 497 g/mol. The predicted molar refractivity (Wildman–Crippen MR) is 137 cm³/mol. The summed E-state index contributed by atoms with van der Waals surface area (Å²) in [5.74, 6) is 1.88. The molecule has 36 heavy (non-hydrogen) atoms. The molecule has 0 aliphatic carbocycles. The van der Waals surface area contributed by atoms with Crippen molar-refractivity contribution < 1.29 is 24.3 Å². The van der Waals surface area contributed by atoms with Gasteiger partial charge in [0.05, 0.1) is 5.56 Å². The number of nitrogens with one attached hydrogen (secondary N) is 1. The fraction of sp³-hybridized carbons (Fsp3) is 0.462. The number of amides is 1. The highest BCUT2D eigenvalue weighted by Gasteiger charge is 2.18. The molecular weight excluding hydrogens is 462 g/mol. The Bertz CT molecular complexity index is 1190. The van der Waals surface area contributed by atoms with E-state index in [2.05, 4.69) is 39.2 Å². The minimum atomic E-state index is -0.909. The average Bonchev–Trinajstić information content (AvgIpc) is 3.36. The van der Waals surface area contributed by atoms with Crippen molar-refractivity contribution in [2.75, 3.05) is 31.7 Å². The standard InChI is InChI=1S/C26H35N5O5/c1-7-18-10-19(8-16(4)23(18)35-14-21(33)12-27-22(34)13-32)24-29-26(36-30-24)20-9-17(5)25(28-11-20)31(6)15(2)3/h8-11,15,21,32-33H,7,12-14H2,1-6H3,(H,27,34)/t21-/m0/s1. The Morgan fingerprint density at radius 2 is 1.92 bits per heavy atom. The van der Waals surface area contributed by atoms with Crippen molar-refractivity contribution in [2.24, 2.45) is 0 Å². The van der Waals surface area contributed by atoms with Crippen LogP contribution < -0.4 is 15.0 Å². The first-order valence-corrected chi connectivity index (χ1v) is 12.0. The highest BCUT2D eigenvalue weighted by atomic mass is 16.5. The minimum Gasteiger partial charge on any atom is -0.490 e. The largest absolute Gasteiger partial charge is 0.490 e. The Balaban J connectivity index is 1.78. The van der Waals surface area contributed by atoms with Crippen molar-refractivity contribution in [3.05, 3.63) is 41.1 Å². The number of carbonyl (C=O) groups excluding carboxylic acids is 1. The van der Waals surface area contributed by atoms with Gasteiger partial charge in [0, 0.05) is 31.4 Å². The van der Waals surface area contributed by atoms with E-state index in [0.717, 1.165) is 33.6 Å². The van der Waals surface area contributed by atoms with Crippen LogP contribution in [-0.2, 0) is 11.2 Å². The van der Waals surface area contributed by atoms with Crippen molar-refractivity contribution in [1.82, 2.24) is 20.4 Å². The molecule has 0 aliphatic rings. The highest BCUT2D eigenvalue weighted by molar-refractivity contribution is 5.76. The molecule has 2 aromatic heterocycles. The SMILES string of the molecule is CCc1cc(-c2noc(-c3cnc(N(C)C(C)C)c(C)c3)n2)cc(C)c1OC[C@@H](O)CNC(=O)CO. The lowest BCUT2D eigenvalue weighted by Gasteiger charge is -2.24. The summed E-state index contributed by atoms with van der Waals surface area (Å²) < 4.78 is 11.4. The Morgan fingerprint density at radius 1 is 1.19 bits per heavy atom. The van der Waals surface area contributed by atoms with Crippen LogP contribution in [0, 0.1) is 13.8 Å². The van der Waals surface area contributed by atoms with Crippen molar-refractivity contribution in [2.45, 2.75) is 53.2 Å². The van der Waals surface area contributed by atoms with E-state index in [1.165, 1.54) is 0 Å². The van der Waals surface area contributed by atoms with Gasteiger partial charge in [0.15, 0.2) is 0 Å². The Morgan fingerprint density at radius 3 is 2.56 bits per heavy atom. The molecule has 3 aromatic rings. The van der Waals surface area contributed by atoms with E-state index >= 15 is 0 Å². The number of aryl methyl sites for hydroxylation is 3. The van der Waals surface area contributed by atoms with Crippen LogP contribution in [0.3, 0.4) is 0 Å². The first-order valence-electron chi connectivity index (χ1n) is 12.0. The molecule has 0 fully saturated rings. The highest BCUT2D eigenvalue weighted by Crippen LogP contribution is 2.32. The number of nitrogens with zero attached hydrogens (tertiary/aromatic N) is 4. The lowest BCUT2D eigenvalue weighted by atomic mass is 10.0. The number of hydrogen-bond donors (Lipinski definition) is 3. The zero-order chi connectivity index (χ0) is 26.4. The lowest BCUT2D eigenvalue weighted by molar-refractivity contribution is -0.124. The zero-order valence-corrected chi connectivity index (χ0v) is 21.7. The average molecular weight is 498 g/mol. The second-order valence-corrected chi connectivity index (χ2v) is 9.05. The van der Waals surface area contributed by atoms with Crippen molar-refractivity contribution in [3.63, 3.8) is 0 Å². The van der Waals surface area contributed by atoms with Crippen LogP contribution in [0.2, 0.25) is 0 Å². The van der Waals surface area contributed by atoms with Gasteiger partial charge in [0.25, 0.3) is 5.89 Å². The molecule has 0 aliphatic heterocycles. The zero-order valence-electron chi connectivity index (χ0n) is 21.7. The molecule has 194 valence electrons. The van der Waals surface area contributed by atoms with Gasteiger partial charge in [-0.3, -0.25) is 4.79 Å².